The molecule has 0 saturated carbocycles. The summed E-state index contributed by atoms with van der Waals surface area (Å²) < 4.78 is 47.6. The van der Waals surface area contributed by atoms with Crippen molar-refractivity contribution in [1.29, 1.82) is 0 Å². The molecule has 13 unspecified atom stereocenters. The number of aliphatic carboxylic acids is 2. The predicted molar refractivity (Wildman–Crippen MR) is 314 cm³/mol. The van der Waals surface area contributed by atoms with Crippen molar-refractivity contribution in [1.82, 2.24) is 16.0 Å². The van der Waals surface area contributed by atoms with Crippen molar-refractivity contribution in [3.63, 3.8) is 0 Å². The third-order valence-corrected chi connectivity index (χ3v) is 17.5. The van der Waals surface area contributed by atoms with Crippen LogP contribution in [-0.4, -0.2) is 298 Å². The maximum atomic E-state index is 13.6. The third-order valence-electron chi connectivity index (χ3n) is 16.3. The van der Waals surface area contributed by atoms with Gasteiger partial charge in [0.05, 0.1) is 41.4 Å². The van der Waals surface area contributed by atoms with E-state index in [1.165, 1.54) is 20.8 Å². The van der Waals surface area contributed by atoms with E-state index in [1.807, 2.05) is 0 Å². The Morgan fingerprint density at radius 2 is 1.37 bits per heavy atom. The van der Waals surface area contributed by atoms with E-state index in [-0.39, 0.29) is 46.9 Å². The first kappa shape index (κ1) is 75.3. The number of aromatic hydroxyl groups is 8. The molecule has 0 aromatic heterocycles. The van der Waals surface area contributed by atoms with Crippen molar-refractivity contribution in [2.75, 3.05) is 32.1 Å². The number of fused-ring (bicyclic) bond motifs is 1. The number of aliphatic hydroxyl groups is 10. The summed E-state index contributed by atoms with van der Waals surface area (Å²) in [5.74, 6) is -13.3. The minimum atomic E-state index is -2.34. The Morgan fingerprint density at radius 1 is 0.726 bits per heavy atom. The van der Waals surface area contributed by atoms with Gasteiger partial charge in [-0.05, 0) is 38.5 Å². The minimum absolute atomic E-state index is 0.0117. The smallest absolute Gasteiger partial charge is 0.338 e. The Kier molecular flexibility index (Phi) is 24.9. The number of rotatable bonds is 27. The average molecular weight is 1380 g/mol. The number of carbonyl (C=O) groups excluding carboxylic acids is 3. The second kappa shape index (κ2) is 31.4. The first-order valence-corrected chi connectivity index (χ1v) is 30.5. The van der Waals surface area contributed by atoms with Crippen molar-refractivity contribution < 1.29 is 164 Å². The van der Waals surface area contributed by atoms with Gasteiger partial charge in [-0.25, -0.2) is 14.4 Å². The second-order valence-corrected chi connectivity index (χ2v) is 24.6. The maximum Gasteiger partial charge on any atom is 0.338 e. The first-order chi connectivity index (χ1) is 44.6. The molecule has 7 rings (SSSR count). The molecule has 2 amide bonds. The third kappa shape index (κ3) is 16.7. The summed E-state index contributed by atoms with van der Waals surface area (Å²) in [6, 6.07) is 1.33. The molecule has 23 N–H and O–H groups in total. The van der Waals surface area contributed by atoms with Gasteiger partial charge in [-0.2, -0.15) is 0 Å². The Labute approximate surface area is 542 Å². The van der Waals surface area contributed by atoms with Gasteiger partial charge < -0.3 is 156 Å². The number of ether oxygens (including phenoxy) is 8. The fourth-order valence-corrected chi connectivity index (χ4v) is 12.6. The molecule has 37 heteroatoms. The SMILES string of the molecule is CCC(OC(C(CNCCSc1c([C@H]2Oc3cc(O)cc(O)c3C[C@H]2OC(=O)c2cc(O)c(O)c(O)c2)cc(O)c(O)c1O)NC(C)=O)[C@H](O)C(O)CO)[C@@H]1OC(C(=O)O)[C@@H](O[C@@H]2OC(CO)[C@@H](O)C(OC(C)(C)[C@@H]3OC(C(=O)O)[C@@H](O)C(O)C3O)C2NC(C)=O)C(O)C1O. The Hall–Kier alpha value is -7.12. The highest BCUT2D eigenvalue weighted by Crippen LogP contribution is 2.51. The Bertz CT molecular complexity index is 3190. The van der Waals surface area contributed by atoms with Gasteiger partial charge in [0.15, 0.2) is 53.3 Å². The fraction of sp³-hybridized carbons (Fsp3) is 0.603. The monoisotopic (exact) mass is 1380 g/mol. The number of carboxylic acids is 2. The van der Waals surface area contributed by atoms with E-state index in [0.29, 0.717) is 0 Å². The number of benzene rings is 3. The minimum Gasteiger partial charge on any atom is -0.508 e. The van der Waals surface area contributed by atoms with Crippen LogP contribution in [0.1, 0.15) is 68.6 Å². The molecule has 4 aliphatic rings. The molecule has 4 heterocycles. The van der Waals surface area contributed by atoms with Gasteiger partial charge in [0, 0.05) is 62.4 Å². The number of carboxylic acid groups (broad SMARTS) is 2. The number of carbonyl (C=O) groups is 5. The molecule has 0 spiro atoms. The number of phenolic OH excluding ortho intramolecular Hbond substituents is 8. The van der Waals surface area contributed by atoms with E-state index in [1.54, 1.807) is 0 Å². The number of phenols is 8. The zero-order valence-electron chi connectivity index (χ0n) is 51.2. The van der Waals surface area contributed by atoms with E-state index in [4.69, 9.17) is 37.9 Å². The summed E-state index contributed by atoms with van der Waals surface area (Å²) in [5, 5.41) is 223. The van der Waals surface area contributed by atoms with Gasteiger partial charge in [0.2, 0.25) is 17.6 Å². The van der Waals surface area contributed by atoms with Crippen LogP contribution in [0.25, 0.3) is 0 Å². The summed E-state index contributed by atoms with van der Waals surface area (Å²) in [7, 11) is 0. The lowest BCUT2D eigenvalue weighted by Gasteiger charge is -2.51. The molecule has 0 radical (unpaired) electrons. The van der Waals surface area contributed by atoms with Crippen LogP contribution in [0.15, 0.2) is 35.2 Å². The van der Waals surface area contributed by atoms with Gasteiger partial charge in [-0.1, -0.05) is 6.92 Å². The topological polar surface area (TPSA) is 600 Å². The van der Waals surface area contributed by atoms with Crippen LogP contribution in [0.5, 0.6) is 51.7 Å². The molecule has 3 fully saturated rings. The molecular formula is C58H79N3O33S. The number of hydrogen-bond acceptors (Lipinski definition) is 33. The van der Waals surface area contributed by atoms with E-state index < -0.39 is 241 Å². The lowest BCUT2D eigenvalue weighted by Crippen LogP contribution is -2.71. The molecule has 530 valence electrons. The quantitative estimate of drug-likeness (QED) is 0.0147. The summed E-state index contributed by atoms with van der Waals surface area (Å²) in [6.45, 7) is 3.15. The van der Waals surface area contributed by atoms with E-state index in [9.17, 15) is 126 Å². The molecule has 4 aliphatic heterocycles. The van der Waals surface area contributed by atoms with Gasteiger partial charge in [0.1, 0.15) is 115 Å². The molecule has 3 saturated heterocycles. The first-order valence-electron chi connectivity index (χ1n) is 29.5. The highest BCUT2D eigenvalue weighted by atomic mass is 32.2. The van der Waals surface area contributed by atoms with Crippen molar-refractivity contribution >= 4 is 41.5 Å². The number of amides is 2. The molecule has 3 aromatic carbocycles. The summed E-state index contributed by atoms with van der Waals surface area (Å²) in [6.07, 6.45) is -40.3. The van der Waals surface area contributed by atoms with Crippen LogP contribution in [0.3, 0.4) is 0 Å². The van der Waals surface area contributed by atoms with Crippen LogP contribution in [0.4, 0.5) is 0 Å². The van der Waals surface area contributed by atoms with Crippen LogP contribution < -0.4 is 20.7 Å². The molecule has 0 bridgehead atoms. The summed E-state index contributed by atoms with van der Waals surface area (Å²) >= 11 is 0.786. The number of thioether (sulfide) groups is 1. The highest BCUT2D eigenvalue weighted by Gasteiger charge is 2.58. The van der Waals surface area contributed by atoms with E-state index >= 15 is 0 Å². The van der Waals surface area contributed by atoms with Crippen molar-refractivity contribution in [3.05, 3.63) is 47.0 Å². The largest absolute Gasteiger partial charge is 0.508 e. The lowest BCUT2D eigenvalue weighted by atomic mass is 9.85. The number of hydrogen-bond donors (Lipinski definition) is 23. The maximum absolute atomic E-state index is 13.6. The zero-order chi connectivity index (χ0) is 70.6. The van der Waals surface area contributed by atoms with Gasteiger partial charge in [0.25, 0.3) is 0 Å². The van der Waals surface area contributed by atoms with Crippen LogP contribution >= 0.6 is 11.8 Å². The van der Waals surface area contributed by atoms with Gasteiger partial charge in [-0.3, -0.25) is 9.59 Å². The second-order valence-electron chi connectivity index (χ2n) is 23.5. The van der Waals surface area contributed by atoms with E-state index in [2.05, 4.69) is 16.0 Å². The predicted octanol–water partition coefficient (Wildman–Crippen LogP) is -5.06. The molecule has 22 atom stereocenters. The summed E-state index contributed by atoms with van der Waals surface area (Å²) in [4.78, 5) is 64.2. The lowest BCUT2D eigenvalue weighted by molar-refractivity contribution is -0.340. The number of aliphatic hydroxyl groups excluding tert-OH is 10. The Morgan fingerprint density at radius 3 is 1.96 bits per heavy atom. The van der Waals surface area contributed by atoms with Crippen molar-refractivity contribution in [3.8, 4) is 51.7 Å². The molecule has 95 heavy (non-hydrogen) atoms. The Balaban J connectivity index is 1.11. The number of esters is 1. The van der Waals surface area contributed by atoms with E-state index in [0.717, 1.165) is 55.9 Å². The normalized spacial score (nSPS) is 30.1. The van der Waals surface area contributed by atoms with Gasteiger partial charge >= 0.3 is 17.9 Å². The average Bonchev–Trinajstić information content (AvgIpc) is 0.771. The fourth-order valence-electron chi connectivity index (χ4n) is 11.6. The van der Waals surface area contributed by atoms with Crippen molar-refractivity contribution in [2.45, 2.75) is 192 Å². The van der Waals surface area contributed by atoms with Crippen LogP contribution in [0, 0.1) is 0 Å². The molecule has 0 aliphatic carbocycles. The number of nitrogens with one attached hydrogen (secondary N) is 3. The van der Waals surface area contributed by atoms with Crippen LogP contribution in [-0.2, 0) is 58.8 Å². The van der Waals surface area contributed by atoms with Crippen molar-refractivity contribution in [2.24, 2.45) is 0 Å². The summed E-state index contributed by atoms with van der Waals surface area (Å²) in [5.41, 5.74) is -2.64. The molecule has 36 nitrogen and oxygen atoms in total. The van der Waals surface area contributed by atoms with Gasteiger partial charge in [-0.15, -0.1) is 11.8 Å². The van der Waals surface area contributed by atoms with Crippen LogP contribution in [0.2, 0.25) is 0 Å². The standard InChI is InChI=1S/C58H79N3O33S/c1-6-30(47-41(78)42(79)49(51(91-47)55(84)85)93-57-34(61-19(3)65)48(38(75)33(17-63)90-57)94-58(4,5)53-44(81)39(76)40(77)50(92-53)54(82)83)87-46(37(74)29(71)16-62)24(60-18(2)64)15-59-7-8-95-52-23(13-28(70)36(73)43(52)80)45-32(14-22-25(67)11-21(66)12-31(22)88-45)89-56(86)20-9-26(68)35(72)27(69)10-20/h9-13,24,29-30,32-34,37-42,44-51,53,57,59,62-63,66-81H,6-8,14-17H2,1-5H3,(H,60,64)(H,61,65)(H,82,83)(H,84,85)/t24?,29?,30?,32-,33?,34?,37-,38-,39?,40+,41?,42?,44?,45-,46?,47+,48?,49+,50?,51?,53-,57+/m1/s1. The highest BCUT2D eigenvalue weighted by molar-refractivity contribution is 7.99. The zero-order valence-corrected chi connectivity index (χ0v) is 52.0. The molecule has 3 aromatic rings. The molecular weight excluding hydrogens is 1300 g/mol.